The van der Waals surface area contributed by atoms with E-state index in [-0.39, 0.29) is 13.2 Å². The number of hydrogen-bond donors (Lipinski definition) is 1. The molecule has 0 amide bonds. The molecule has 1 aliphatic rings. The maximum Gasteiger partial charge on any atom is 0.338 e. The molecule has 4 aromatic rings. The van der Waals surface area contributed by atoms with Crippen LogP contribution in [0.4, 0.5) is 5.95 Å². The van der Waals surface area contributed by atoms with Crippen molar-refractivity contribution in [1.29, 1.82) is 0 Å². The zero-order valence-corrected chi connectivity index (χ0v) is 23.9. The molecule has 5 rings (SSSR count). The van der Waals surface area contributed by atoms with Crippen molar-refractivity contribution >= 4 is 51.0 Å². The number of benzene rings is 3. The van der Waals surface area contributed by atoms with Crippen LogP contribution >= 0.6 is 39.1 Å². The molecule has 1 atom stereocenters. The molecule has 200 valence electrons. The molecule has 0 radical (unpaired) electrons. The first-order chi connectivity index (χ1) is 18.9. The minimum absolute atomic E-state index is 0.124. The van der Waals surface area contributed by atoms with E-state index >= 15 is 0 Å². The number of carbonyl (C=O) groups is 1. The number of esters is 1. The smallest absolute Gasteiger partial charge is 0.338 e. The van der Waals surface area contributed by atoms with Gasteiger partial charge in [-0.25, -0.2) is 4.79 Å². The van der Waals surface area contributed by atoms with Gasteiger partial charge in [-0.1, -0.05) is 64.7 Å². The maximum absolute atomic E-state index is 13.4. The lowest BCUT2D eigenvalue weighted by molar-refractivity contribution is -0.140. The second-order valence-corrected chi connectivity index (χ2v) is 10.3. The minimum Gasteiger partial charge on any atom is -0.493 e. The summed E-state index contributed by atoms with van der Waals surface area (Å²) in [6, 6.07) is 17.6. The number of hydrogen-bond acceptors (Lipinski definition) is 8. The van der Waals surface area contributed by atoms with Crippen molar-refractivity contribution in [3.05, 3.63) is 103 Å². The normalized spacial score (nSPS) is 14.4. The number of nitrogens with zero attached hydrogens (tertiary/aromatic N) is 4. The van der Waals surface area contributed by atoms with Gasteiger partial charge in [-0.3, -0.25) is 0 Å². The fourth-order valence-electron chi connectivity index (χ4n) is 4.21. The Bertz CT molecular complexity index is 1560. The van der Waals surface area contributed by atoms with Crippen molar-refractivity contribution in [2.24, 2.45) is 0 Å². The number of carbonyl (C=O) groups excluding carboxylic acids is 1. The van der Waals surface area contributed by atoms with E-state index in [0.29, 0.717) is 48.8 Å². The van der Waals surface area contributed by atoms with Gasteiger partial charge < -0.3 is 19.5 Å². The molecular formula is C27H22BrCl2N5O4. The number of nitrogens with one attached hydrogen (secondary N) is 1. The fourth-order valence-corrected chi connectivity index (χ4v) is 5.25. The Morgan fingerprint density at radius 2 is 1.90 bits per heavy atom. The van der Waals surface area contributed by atoms with Crippen LogP contribution in [0.2, 0.25) is 10.0 Å². The van der Waals surface area contributed by atoms with Gasteiger partial charge in [0.2, 0.25) is 5.95 Å². The Labute approximate surface area is 242 Å². The van der Waals surface area contributed by atoms with Crippen LogP contribution in [0.15, 0.2) is 76.4 Å². The quantitative estimate of drug-likeness (QED) is 0.224. The predicted molar refractivity (Wildman–Crippen MR) is 150 cm³/mol. The van der Waals surface area contributed by atoms with Crippen LogP contribution in [0.3, 0.4) is 0 Å². The summed E-state index contributed by atoms with van der Waals surface area (Å²) in [5, 5.41) is 16.1. The molecule has 39 heavy (non-hydrogen) atoms. The first-order valence-corrected chi connectivity index (χ1v) is 13.3. The highest BCUT2D eigenvalue weighted by Crippen LogP contribution is 2.43. The monoisotopic (exact) mass is 629 g/mol. The molecule has 0 bridgehead atoms. The predicted octanol–water partition coefficient (Wildman–Crippen LogP) is 6.36. The standard InChI is InChI=1S/C27H22BrCl2N5O4/c1-15-23(26(36)39-13-16-6-4-3-5-7-16)24(35-27(31-15)32-33-34-35)18-10-20(28)25(22(11-18)37-2)38-14-17-8-9-19(29)12-21(17)30/h3-12,24H,13-14H2,1-2H3,(H,31,32,34). The molecule has 1 aromatic heterocycles. The summed E-state index contributed by atoms with van der Waals surface area (Å²) in [5.74, 6) is 0.798. The van der Waals surface area contributed by atoms with E-state index in [0.717, 1.165) is 11.1 Å². The maximum atomic E-state index is 13.4. The number of halogens is 3. The van der Waals surface area contributed by atoms with Gasteiger partial charge in [0.1, 0.15) is 19.3 Å². The van der Waals surface area contributed by atoms with E-state index in [1.54, 1.807) is 31.2 Å². The number of ether oxygens (including phenoxy) is 3. The highest BCUT2D eigenvalue weighted by Gasteiger charge is 2.36. The van der Waals surface area contributed by atoms with E-state index < -0.39 is 12.0 Å². The summed E-state index contributed by atoms with van der Waals surface area (Å²) in [4.78, 5) is 13.4. The van der Waals surface area contributed by atoms with E-state index in [1.165, 1.54) is 11.8 Å². The van der Waals surface area contributed by atoms with E-state index in [4.69, 9.17) is 37.4 Å². The summed E-state index contributed by atoms with van der Waals surface area (Å²) in [6.07, 6.45) is 0. The van der Waals surface area contributed by atoms with Gasteiger partial charge in [0.15, 0.2) is 11.5 Å². The molecule has 1 N–H and O–H groups in total. The van der Waals surface area contributed by atoms with E-state index in [1.807, 2.05) is 36.4 Å². The van der Waals surface area contributed by atoms with Crippen LogP contribution < -0.4 is 14.8 Å². The van der Waals surface area contributed by atoms with Crippen molar-refractivity contribution in [1.82, 2.24) is 20.2 Å². The summed E-state index contributed by atoms with van der Waals surface area (Å²) in [6.45, 7) is 2.09. The summed E-state index contributed by atoms with van der Waals surface area (Å²) in [7, 11) is 1.54. The van der Waals surface area contributed by atoms with Gasteiger partial charge in [-0.05, 0) is 68.7 Å². The van der Waals surface area contributed by atoms with Crippen LogP contribution in [0.1, 0.15) is 29.7 Å². The fraction of sp³-hybridized carbons (Fsp3) is 0.185. The van der Waals surface area contributed by atoms with Crippen molar-refractivity contribution in [3.63, 3.8) is 0 Å². The van der Waals surface area contributed by atoms with Gasteiger partial charge in [0.05, 0.1) is 17.2 Å². The highest BCUT2D eigenvalue weighted by atomic mass is 79.9. The van der Waals surface area contributed by atoms with Crippen LogP contribution in [0, 0.1) is 0 Å². The third-order valence-corrected chi connectivity index (χ3v) is 7.28. The molecule has 9 nitrogen and oxygen atoms in total. The number of allylic oxidation sites excluding steroid dienone is 1. The number of fused-ring (bicyclic) bond motifs is 1. The molecule has 0 aliphatic carbocycles. The topological polar surface area (TPSA) is 100 Å². The van der Waals surface area contributed by atoms with Crippen molar-refractivity contribution in [2.75, 3.05) is 12.4 Å². The molecule has 0 fully saturated rings. The number of anilines is 1. The molecule has 1 unspecified atom stereocenters. The van der Waals surface area contributed by atoms with Crippen molar-refractivity contribution < 1.29 is 19.0 Å². The van der Waals surface area contributed by atoms with Crippen molar-refractivity contribution in [2.45, 2.75) is 26.2 Å². The summed E-state index contributed by atoms with van der Waals surface area (Å²) >= 11 is 15.9. The zero-order valence-electron chi connectivity index (χ0n) is 20.8. The van der Waals surface area contributed by atoms with Crippen LogP contribution in [-0.4, -0.2) is 33.3 Å². The SMILES string of the molecule is COc1cc(C2C(C(=O)OCc3ccccc3)=C(C)Nc3nnnn32)cc(Br)c1OCc1ccc(Cl)cc1Cl. The third-order valence-electron chi connectivity index (χ3n) is 6.10. The lowest BCUT2D eigenvalue weighted by Gasteiger charge is -2.28. The van der Waals surface area contributed by atoms with Gasteiger partial charge in [0, 0.05) is 21.3 Å². The first-order valence-electron chi connectivity index (χ1n) is 11.8. The molecule has 0 saturated carbocycles. The molecule has 3 aromatic carbocycles. The zero-order chi connectivity index (χ0) is 27.5. The minimum atomic E-state index is -0.690. The second-order valence-electron chi connectivity index (χ2n) is 8.63. The molecule has 1 aliphatic heterocycles. The number of rotatable bonds is 8. The molecular weight excluding hydrogens is 609 g/mol. The van der Waals surface area contributed by atoms with Crippen LogP contribution in [0.25, 0.3) is 0 Å². The van der Waals surface area contributed by atoms with Gasteiger partial charge in [-0.15, -0.1) is 0 Å². The van der Waals surface area contributed by atoms with Crippen molar-refractivity contribution in [3.8, 4) is 11.5 Å². The number of aromatic nitrogens is 4. The van der Waals surface area contributed by atoms with Gasteiger partial charge >= 0.3 is 5.97 Å². The van der Waals surface area contributed by atoms with Gasteiger partial charge in [-0.2, -0.15) is 4.68 Å². The lowest BCUT2D eigenvalue weighted by Crippen LogP contribution is -2.29. The molecule has 0 spiro atoms. The highest BCUT2D eigenvalue weighted by molar-refractivity contribution is 9.10. The number of tetrazole rings is 1. The average molecular weight is 631 g/mol. The first kappa shape index (κ1) is 27.0. The number of methoxy groups -OCH3 is 1. The average Bonchev–Trinajstić information content (AvgIpc) is 3.39. The Kier molecular flexibility index (Phi) is 8.06. The summed E-state index contributed by atoms with van der Waals surface area (Å²) in [5.41, 5.74) is 3.25. The molecule has 2 heterocycles. The van der Waals surface area contributed by atoms with E-state index in [9.17, 15) is 4.79 Å². The largest absolute Gasteiger partial charge is 0.493 e. The lowest BCUT2D eigenvalue weighted by atomic mass is 9.95. The van der Waals surface area contributed by atoms with Crippen LogP contribution in [0.5, 0.6) is 11.5 Å². The van der Waals surface area contributed by atoms with Crippen LogP contribution in [-0.2, 0) is 22.7 Å². The Hall–Kier alpha value is -3.60. The third kappa shape index (κ3) is 5.73. The second kappa shape index (κ2) is 11.6. The Balaban J connectivity index is 1.47. The molecule has 0 saturated heterocycles. The summed E-state index contributed by atoms with van der Waals surface area (Å²) < 4.78 is 19.6. The Morgan fingerprint density at radius 1 is 1.10 bits per heavy atom. The van der Waals surface area contributed by atoms with Gasteiger partial charge in [0.25, 0.3) is 0 Å². The molecule has 12 heteroatoms. The Morgan fingerprint density at radius 3 is 2.64 bits per heavy atom. The van der Waals surface area contributed by atoms with E-state index in [2.05, 4.69) is 36.8 Å².